The standard InChI is InChI=1S/C10H11Cl2NO3/c1-10(2,13(15)16)9(14)6-3-4-7(11)8(12)5-6/h3-5,9,14H,1-2H3. The minimum absolute atomic E-state index is 0.261. The van der Waals surface area contributed by atoms with Crippen LogP contribution in [0.25, 0.3) is 0 Å². The van der Waals surface area contributed by atoms with Gasteiger partial charge in [-0.1, -0.05) is 29.3 Å². The fourth-order valence-electron chi connectivity index (χ4n) is 1.19. The van der Waals surface area contributed by atoms with E-state index in [-0.39, 0.29) is 5.02 Å². The maximum absolute atomic E-state index is 10.8. The number of aliphatic hydroxyl groups is 1. The van der Waals surface area contributed by atoms with E-state index in [0.717, 1.165) is 0 Å². The summed E-state index contributed by atoms with van der Waals surface area (Å²) in [5.41, 5.74) is -1.10. The summed E-state index contributed by atoms with van der Waals surface area (Å²) in [4.78, 5) is 10.2. The molecule has 0 aliphatic heterocycles. The lowest BCUT2D eigenvalue weighted by Crippen LogP contribution is -2.38. The van der Waals surface area contributed by atoms with Crippen molar-refractivity contribution in [1.29, 1.82) is 0 Å². The van der Waals surface area contributed by atoms with E-state index >= 15 is 0 Å². The fourth-order valence-corrected chi connectivity index (χ4v) is 1.50. The lowest BCUT2D eigenvalue weighted by Gasteiger charge is -2.22. The molecule has 0 saturated heterocycles. The van der Waals surface area contributed by atoms with E-state index in [2.05, 4.69) is 0 Å². The van der Waals surface area contributed by atoms with Crippen molar-refractivity contribution in [3.8, 4) is 0 Å². The Morgan fingerprint density at radius 1 is 1.38 bits per heavy atom. The van der Waals surface area contributed by atoms with Crippen molar-refractivity contribution in [3.63, 3.8) is 0 Å². The van der Waals surface area contributed by atoms with Crippen molar-refractivity contribution in [3.05, 3.63) is 43.9 Å². The average molecular weight is 264 g/mol. The van der Waals surface area contributed by atoms with E-state index in [0.29, 0.717) is 10.6 Å². The molecule has 1 N–H and O–H groups in total. The first-order valence-electron chi connectivity index (χ1n) is 4.54. The van der Waals surface area contributed by atoms with Crippen molar-refractivity contribution in [2.75, 3.05) is 0 Å². The molecule has 16 heavy (non-hydrogen) atoms. The van der Waals surface area contributed by atoms with Crippen LogP contribution in [0, 0.1) is 10.1 Å². The van der Waals surface area contributed by atoms with Gasteiger partial charge in [-0.2, -0.15) is 0 Å². The number of halogens is 2. The molecule has 1 unspecified atom stereocenters. The highest BCUT2D eigenvalue weighted by molar-refractivity contribution is 6.42. The third-order valence-electron chi connectivity index (χ3n) is 2.40. The summed E-state index contributed by atoms with van der Waals surface area (Å²) < 4.78 is 0. The molecular weight excluding hydrogens is 253 g/mol. The predicted octanol–water partition coefficient (Wildman–Crippen LogP) is 3.08. The van der Waals surface area contributed by atoms with Gasteiger partial charge in [0.2, 0.25) is 5.54 Å². The van der Waals surface area contributed by atoms with Crippen LogP contribution < -0.4 is 0 Å². The molecule has 88 valence electrons. The van der Waals surface area contributed by atoms with E-state index < -0.39 is 16.6 Å². The molecule has 0 bridgehead atoms. The van der Waals surface area contributed by atoms with Gasteiger partial charge < -0.3 is 5.11 Å². The maximum atomic E-state index is 10.8. The second kappa shape index (κ2) is 4.57. The van der Waals surface area contributed by atoms with Crippen molar-refractivity contribution >= 4 is 23.2 Å². The number of nitro groups is 1. The molecule has 0 aliphatic carbocycles. The quantitative estimate of drug-likeness (QED) is 0.674. The largest absolute Gasteiger partial charge is 0.381 e. The average Bonchev–Trinajstić information content (AvgIpc) is 2.20. The predicted molar refractivity (Wildman–Crippen MR) is 62.5 cm³/mol. The van der Waals surface area contributed by atoms with Crippen molar-refractivity contribution in [1.82, 2.24) is 0 Å². The monoisotopic (exact) mass is 263 g/mol. The first kappa shape index (κ1) is 13.2. The molecule has 0 saturated carbocycles. The Labute approximate surface area is 103 Å². The zero-order valence-electron chi connectivity index (χ0n) is 8.78. The van der Waals surface area contributed by atoms with Gasteiger partial charge in [0.05, 0.1) is 10.0 Å². The third kappa shape index (κ3) is 2.45. The van der Waals surface area contributed by atoms with Crippen molar-refractivity contribution < 1.29 is 10.0 Å². The SMILES string of the molecule is CC(C)(C(O)c1ccc(Cl)c(Cl)c1)[N+](=O)[O-]. The van der Waals surface area contributed by atoms with Gasteiger partial charge >= 0.3 is 0 Å². The molecular formula is C10H11Cl2NO3. The van der Waals surface area contributed by atoms with Crippen LogP contribution in [0.2, 0.25) is 10.0 Å². The van der Waals surface area contributed by atoms with Gasteiger partial charge in [0.15, 0.2) is 0 Å². The molecule has 0 heterocycles. The zero-order chi connectivity index (χ0) is 12.5. The minimum Gasteiger partial charge on any atom is -0.381 e. The first-order valence-corrected chi connectivity index (χ1v) is 5.30. The van der Waals surface area contributed by atoms with Crippen LogP contribution in [-0.2, 0) is 0 Å². The fraction of sp³-hybridized carbons (Fsp3) is 0.400. The number of benzene rings is 1. The zero-order valence-corrected chi connectivity index (χ0v) is 10.3. The lowest BCUT2D eigenvalue weighted by atomic mass is 9.92. The minimum atomic E-state index is -1.48. The van der Waals surface area contributed by atoms with E-state index in [1.807, 2.05) is 0 Å². The van der Waals surface area contributed by atoms with Gasteiger partial charge in [-0.3, -0.25) is 10.1 Å². The second-order valence-electron chi connectivity index (χ2n) is 3.99. The first-order chi connectivity index (χ1) is 7.26. The molecule has 0 fully saturated rings. The smallest absolute Gasteiger partial charge is 0.246 e. The highest BCUT2D eigenvalue weighted by Gasteiger charge is 2.40. The summed E-state index contributed by atoms with van der Waals surface area (Å²) in [7, 11) is 0. The van der Waals surface area contributed by atoms with Gasteiger partial charge in [-0.15, -0.1) is 0 Å². The Balaban J connectivity index is 3.10. The second-order valence-corrected chi connectivity index (χ2v) is 4.80. The van der Waals surface area contributed by atoms with Crippen molar-refractivity contribution in [2.45, 2.75) is 25.5 Å². The number of aliphatic hydroxyl groups excluding tert-OH is 1. The van der Waals surface area contributed by atoms with Gasteiger partial charge in [0, 0.05) is 18.8 Å². The number of rotatable bonds is 3. The van der Waals surface area contributed by atoms with Crippen LogP contribution in [0.4, 0.5) is 0 Å². The number of hydrogen-bond donors (Lipinski definition) is 1. The molecule has 4 nitrogen and oxygen atoms in total. The molecule has 1 aromatic carbocycles. The lowest BCUT2D eigenvalue weighted by molar-refractivity contribution is -0.575. The van der Waals surface area contributed by atoms with E-state index in [1.54, 1.807) is 0 Å². The van der Waals surface area contributed by atoms with Crippen LogP contribution in [-0.4, -0.2) is 15.6 Å². The van der Waals surface area contributed by atoms with Gasteiger partial charge in [-0.25, -0.2) is 0 Å². The summed E-state index contributed by atoms with van der Waals surface area (Å²) in [5, 5.41) is 21.3. The Morgan fingerprint density at radius 2 is 1.94 bits per heavy atom. The van der Waals surface area contributed by atoms with Crippen LogP contribution in [0.1, 0.15) is 25.5 Å². The summed E-state index contributed by atoms with van der Waals surface area (Å²) >= 11 is 11.5. The molecule has 1 rings (SSSR count). The van der Waals surface area contributed by atoms with Gasteiger partial charge in [0.1, 0.15) is 6.10 Å². The van der Waals surface area contributed by atoms with E-state index in [9.17, 15) is 15.2 Å². The molecule has 6 heteroatoms. The topological polar surface area (TPSA) is 63.4 Å². The summed E-state index contributed by atoms with van der Waals surface area (Å²) in [6.07, 6.45) is -1.24. The van der Waals surface area contributed by atoms with Crippen LogP contribution in [0.5, 0.6) is 0 Å². The Bertz CT molecular complexity index is 421. The summed E-state index contributed by atoms with van der Waals surface area (Å²) in [5.74, 6) is 0. The Hall–Kier alpha value is -0.840. The number of nitrogens with zero attached hydrogens (tertiary/aromatic N) is 1. The molecule has 1 atom stereocenters. The van der Waals surface area contributed by atoms with Gasteiger partial charge in [-0.05, 0) is 17.7 Å². The highest BCUT2D eigenvalue weighted by Crippen LogP contribution is 2.32. The van der Waals surface area contributed by atoms with Crippen LogP contribution in [0.3, 0.4) is 0 Å². The summed E-state index contributed by atoms with van der Waals surface area (Å²) in [6.45, 7) is 2.69. The van der Waals surface area contributed by atoms with Crippen molar-refractivity contribution in [2.24, 2.45) is 0 Å². The Morgan fingerprint density at radius 3 is 2.38 bits per heavy atom. The molecule has 1 aromatic rings. The van der Waals surface area contributed by atoms with Gasteiger partial charge in [0.25, 0.3) is 0 Å². The van der Waals surface area contributed by atoms with E-state index in [4.69, 9.17) is 23.2 Å². The molecule has 0 spiro atoms. The normalized spacial score (nSPS) is 13.6. The maximum Gasteiger partial charge on any atom is 0.246 e. The summed E-state index contributed by atoms with van der Waals surface area (Å²) in [6, 6.07) is 4.45. The third-order valence-corrected chi connectivity index (χ3v) is 3.14. The number of hydrogen-bond acceptors (Lipinski definition) is 3. The van der Waals surface area contributed by atoms with Crippen LogP contribution in [0.15, 0.2) is 18.2 Å². The molecule has 0 aliphatic rings. The molecule has 0 aromatic heterocycles. The molecule has 0 radical (unpaired) electrons. The molecule has 0 amide bonds. The Kier molecular flexibility index (Phi) is 3.78. The highest BCUT2D eigenvalue weighted by atomic mass is 35.5. The van der Waals surface area contributed by atoms with Crippen LogP contribution >= 0.6 is 23.2 Å². The van der Waals surface area contributed by atoms with E-state index in [1.165, 1.54) is 32.0 Å².